The van der Waals surface area contributed by atoms with E-state index in [9.17, 15) is 18.0 Å². The van der Waals surface area contributed by atoms with Crippen molar-refractivity contribution in [2.75, 3.05) is 18.1 Å². The zero-order chi connectivity index (χ0) is 18.6. The monoisotopic (exact) mass is 400 g/mol. The molecule has 2 rings (SSSR count). The maximum Gasteiger partial charge on any atom is 0.253 e. The minimum Gasteiger partial charge on any atom is -0.343 e. The van der Waals surface area contributed by atoms with Crippen LogP contribution in [0.1, 0.15) is 10.4 Å². The van der Waals surface area contributed by atoms with E-state index in [1.807, 2.05) is 0 Å². The van der Waals surface area contributed by atoms with Gasteiger partial charge in [0.15, 0.2) is 9.84 Å². The van der Waals surface area contributed by atoms with Crippen molar-refractivity contribution in [2.45, 2.75) is 4.90 Å². The van der Waals surface area contributed by atoms with Crippen molar-refractivity contribution in [3.8, 4) is 0 Å². The van der Waals surface area contributed by atoms with Crippen molar-refractivity contribution < 1.29 is 18.0 Å². The van der Waals surface area contributed by atoms with Crippen LogP contribution in [0.5, 0.6) is 0 Å². The summed E-state index contributed by atoms with van der Waals surface area (Å²) in [4.78, 5) is 24.0. The second-order valence-corrected chi connectivity index (χ2v) is 8.01. The van der Waals surface area contributed by atoms with Crippen LogP contribution in [0.3, 0.4) is 0 Å². The number of rotatable bonds is 5. The Morgan fingerprint density at radius 2 is 1.80 bits per heavy atom. The largest absolute Gasteiger partial charge is 0.343 e. The van der Waals surface area contributed by atoms with Gasteiger partial charge in [0, 0.05) is 17.0 Å². The van der Waals surface area contributed by atoms with E-state index in [1.54, 1.807) is 6.07 Å². The molecule has 2 N–H and O–H groups in total. The number of carbonyl (C=O) groups is 2. The maximum absolute atomic E-state index is 12.0. The van der Waals surface area contributed by atoms with E-state index in [1.165, 1.54) is 36.4 Å². The molecule has 0 aliphatic carbocycles. The Morgan fingerprint density at radius 1 is 1.08 bits per heavy atom. The van der Waals surface area contributed by atoms with E-state index >= 15 is 0 Å². The molecule has 2 amide bonds. The fourth-order valence-electron chi connectivity index (χ4n) is 1.94. The molecular formula is C16H14Cl2N2O4S. The molecule has 0 saturated heterocycles. The molecule has 132 valence electrons. The minimum atomic E-state index is -3.38. The quantitative estimate of drug-likeness (QED) is 0.806. The molecule has 0 radical (unpaired) electrons. The van der Waals surface area contributed by atoms with Crippen LogP contribution in [-0.4, -0.2) is 33.0 Å². The van der Waals surface area contributed by atoms with Crippen molar-refractivity contribution in [3.63, 3.8) is 0 Å². The lowest BCUT2D eigenvalue weighted by Gasteiger charge is -2.09. The first-order chi connectivity index (χ1) is 11.7. The molecule has 0 aliphatic rings. The van der Waals surface area contributed by atoms with E-state index < -0.39 is 21.7 Å². The van der Waals surface area contributed by atoms with Gasteiger partial charge in [-0.15, -0.1) is 0 Å². The molecule has 0 spiro atoms. The summed E-state index contributed by atoms with van der Waals surface area (Å²) in [6.07, 6.45) is 1.07. The minimum absolute atomic E-state index is 0.0854. The lowest BCUT2D eigenvalue weighted by molar-refractivity contribution is -0.115. The summed E-state index contributed by atoms with van der Waals surface area (Å²) < 4.78 is 23.0. The van der Waals surface area contributed by atoms with Crippen molar-refractivity contribution in [1.82, 2.24) is 5.32 Å². The normalized spacial score (nSPS) is 11.0. The topological polar surface area (TPSA) is 92.3 Å². The van der Waals surface area contributed by atoms with Crippen LogP contribution in [0.25, 0.3) is 0 Å². The smallest absolute Gasteiger partial charge is 0.253 e. The lowest BCUT2D eigenvalue weighted by Crippen LogP contribution is -2.33. The number of sulfone groups is 1. The van der Waals surface area contributed by atoms with Crippen molar-refractivity contribution in [3.05, 3.63) is 58.1 Å². The summed E-state index contributed by atoms with van der Waals surface area (Å²) >= 11 is 11.7. The first-order valence-electron chi connectivity index (χ1n) is 7.00. The number of nitrogens with one attached hydrogen (secondary N) is 2. The van der Waals surface area contributed by atoms with Crippen molar-refractivity contribution >= 4 is 50.5 Å². The molecule has 0 fully saturated rings. The summed E-state index contributed by atoms with van der Waals surface area (Å²) in [5, 5.41) is 5.51. The zero-order valence-corrected chi connectivity index (χ0v) is 15.4. The molecule has 9 heteroatoms. The van der Waals surface area contributed by atoms with Gasteiger partial charge in [-0.05, 0) is 36.4 Å². The second-order valence-electron chi connectivity index (χ2n) is 5.16. The van der Waals surface area contributed by atoms with Crippen molar-refractivity contribution in [1.29, 1.82) is 0 Å². The van der Waals surface area contributed by atoms with E-state index in [4.69, 9.17) is 23.2 Å². The van der Waals surface area contributed by atoms with Crippen LogP contribution in [0.15, 0.2) is 47.4 Å². The third kappa shape index (κ3) is 5.45. The first kappa shape index (κ1) is 19.2. The van der Waals surface area contributed by atoms with Gasteiger partial charge in [0.25, 0.3) is 5.91 Å². The fourth-order valence-corrected chi connectivity index (χ4v) is 3.10. The van der Waals surface area contributed by atoms with E-state index in [0.717, 1.165) is 6.26 Å². The molecule has 0 saturated carbocycles. The highest BCUT2D eigenvalue weighted by molar-refractivity contribution is 7.90. The fraction of sp³-hybridized carbons (Fsp3) is 0.125. The Kier molecular flexibility index (Phi) is 6.05. The molecule has 0 atom stereocenters. The molecule has 2 aromatic carbocycles. The Bertz CT molecular complexity index is 929. The second kappa shape index (κ2) is 7.86. The van der Waals surface area contributed by atoms with Crippen LogP contribution < -0.4 is 10.6 Å². The van der Waals surface area contributed by atoms with Gasteiger partial charge in [-0.1, -0.05) is 29.3 Å². The molecule has 0 aromatic heterocycles. The number of benzene rings is 2. The Hall–Kier alpha value is -2.09. The molecule has 0 unspecified atom stereocenters. The van der Waals surface area contributed by atoms with Crippen molar-refractivity contribution in [2.24, 2.45) is 0 Å². The van der Waals surface area contributed by atoms with Gasteiger partial charge < -0.3 is 10.6 Å². The third-order valence-corrected chi connectivity index (χ3v) is 4.79. The highest BCUT2D eigenvalue weighted by Crippen LogP contribution is 2.20. The van der Waals surface area contributed by atoms with Gasteiger partial charge in [-0.25, -0.2) is 8.42 Å². The van der Waals surface area contributed by atoms with Crippen LogP contribution in [0.4, 0.5) is 5.69 Å². The van der Waals surface area contributed by atoms with Gasteiger partial charge in [0.2, 0.25) is 5.91 Å². The average Bonchev–Trinajstić information content (AvgIpc) is 2.52. The predicted molar refractivity (Wildman–Crippen MR) is 97.0 cm³/mol. The molecule has 0 bridgehead atoms. The van der Waals surface area contributed by atoms with Gasteiger partial charge in [-0.2, -0.15) is 0 Å². The number of hydrogen-bond donors (Lipinski definition) is 2. The zero-order valence-electron chi connectivity index (χ0n) is 13.0. The van der Waals surface area contributed by atoms with Crippen LogP contribution in [0, 0.1) is 0 Å². The summed E-state index contributed by atoms with van der Waals surface area (Å²) in [6, 6.07) is 10.2. The van der Waals surface area contributed by atoms with E-state index in [-0.39, 0.29) is 22.0 Å². The molecule has 0 aliphatic heterocycles. The van der Waals surface area contributed by atoms with Crippen LogP contribution >= 0.6 is 23.2 Å². The average molecular weight is 401 g/mol. The molecule has 6 nitrogen and oxygen atoms in total. The summed E-state index contributed by atoms with van der Waals surface area (Å²) in [7, 11) is -3.38. The highest BCUT2D eigenvalue weighted by atomic mass is 35.5. The number of hydrogen-bond acceptors (Lipinski definition) is 4. The first-order valence-corrected chi connectivity index (χ1v) is 9.65. The highest BCUT2D eigenvalue weighted by Gasteiger charge is 2.13. The van der Waals surface area contributed by atoms with Crippen LogP contribution in [0.2, 0.25) is 10.0 Å². The summed E-state index contributed by atoms with van der Waals surface area (Å²) in [5.41, 5.74) is 0.504. The predicted octanol–water partition coefficient (Wildman–Crippen LogP) is 2.77. The van der Waals surface area contributed by atoms with Gasteiger partial charge >= 0.3 is 0 Å². The Balaban J connectivity index is 1.98. The van der Waals surface area contributed by atoms with E-state index in [2.05, 4.69) is 10.6 Å². The van der Waals surface area contributed by atoms with Gasteiger partial charge in [0.1, 0.15) is 0 Å². The SMILES string of the molecule is CS(=O)(=O)c1cccc(NC(=O)CNC(=O)c2ccc(Cl)cc2Cl)c1. The van der Waals surface area contributed by atoms with Gasteiger partial charge in [-0.3, -0.25) is 9.59 Å². The Labute approximate surface area is 155 Å². The molecular weight excluding hydrogens is 387 g/mol. The molecule has 2 aromatic rings. The third-order valence-electron chi connectivity index (χ3n) is 3.13. The van der Waals surface area contributed by atoms with E-state index in [0.29, 0.717) is 10.7 Å². The number of halogens is 2. The molecule has 25 heavy (non-hydrogen) atoms. The lowest BCUT2D eigenvalue weighted by atomic mass is 10.2. The maximum atomic E-state index is 12.0. The Morgan fingerprint density at radius 3 is 2.44 bits per heavy atom. The summed E-state index contributed by atoms with van der Waals surface area (Å²) in [5.74, 6) is -1.04. The number of anilines is 1. The standard InChI is InChI=1S/C16H14Cl2N2O4S/c1-25(23,24)12-4-2-3-11(8-12)20-15(21)9-19-16(22)13-6-5-10(17)7-14(13)18/h2-8H,9H2,1H3,(H,19,22)(H,20,21). The number of amides is 2. The van der Waals surface area contributed by atoms with Crippen LogP contribution in [-0.2, 0) is 14.6 Å². The molecule has 0 heterocycles. The number of carbonyl (C=O) groups excluding carboxylic acids is 2. The summed E-state index contributed by atoms with van der Waals surface area (Å²) in [6.45, 7) is -0.305. The van der Waals surface area contributed by atoms with Gasteiger partial charge in [0.05, 0.1) is 22.0 Å².